The van der Waals surface area contributed by atoms with Gasteiger partial charge in [0.1, 0.15) is 5.54 Å². The van der Waals surface area contributed by atoms with Gasteiger partial charge < -0.3 is 19.9 Å². The molecule has 0 saturated heterocycles. The number of ether oxygens (including phenoxy) is 2. The van der Waals surface area contributed by atoms with E-state index in [2.05, 4.69) is 0 Å². The molecule has 138 valence electrons. The second-order valence-electron chi connectivity index (χ2n) is 6.97. The maximum absolute atomic E-state index is 13.4. The van der Waals surface area contributed by atoms with Gasteiger partial charge in [0, 0.05) is 18.1 Å². The van der Waals surface area contributed by atoms with Gasteiger partial charge in [-0.25, -0.2) is 0 Å². The Bertz CT molecular complexity index is 848. The van der Waals surface area contributed by atoms with Crippen LogP contribution in [0.3, 0.4) is 0 Å². The number of hydrogen-bond acceptors (Lipinski definition) is 5. The lowest BCUT2D eigenvalue weighted by atomic mass is 9.92. The van der Waals surface area contributed by atoms with E-state index >= 15 is 0 Å². The van der Waals surface area contributed by atoms with E-state index in [0.29, 0.717) is 22.8 Å². The third kappa shape index (κ3) is 2.45. The molecular weight excluding hydrogens is 332 g/mol. The van der Waals surface area contributed by atoms with Gasteiger partial charge in [-0.2, -0.15) is 4.74 Å². The summed E-state index contributed by atoms with van der Waals surface area (Å²) in [7, 11) is 3.09. The molecule has 0 bridgehead atoms. The van der Waals surface area contributed by atoms with E-state index in [1.54, 1.807) is 32.2 Å². The zero-order valence-corrected chi connectivity index (χ0v) is 15.7. The van der Waals surface area contributed by atoms with Crippen molar-refractivity contribution in [2.45, 2.75) is 32.0 Å². The molecule has 0 aromatic heterocycles. The first-order valence-corrected chi connectivity index (χ1v) is 8.40. The summed E-state index contributed by atoms with van der Waals surface area (Å²) < 4.78 is 11.5. The van der Waals surface area contributed by atoms with Gasteiger partial charge in [-0.05, 0) is 44.2 Å². The zero-order chi connectivity index (χ0) is 19.1. The quantitative estimate of drug-likeness (QED) is 0.672. The highest BCUT2D eigenvalue weighted by molar-refractivity contribution is 6.04. The minimum absolute atomic E-state index is 0.498. The van der Waals surface area contributed by atoms with Crippen LogP contribution in [0, 0.1) is 5.21 Å². The first-order valence-electron chi connectivity index (χ1n) is 8.40. The third-order valence-corrected chi connectivity index (χ3v) is 5.10. The van der Waals surface area contributed by atoms with Crippen molar-refractivity contribution in [2.24, 2.45) is 0 Å². The highest BCUT2D eigenvalue weighted by Gasteiger charge is 2.60. The van der Waals surface area contributed by atoms with Gasteiger partial charge in [0.25, 0.3) is 5.66 Å². The molecular formula is C20H24N2O4. The SMILES string of the molecule is COc1ccc(C2(C)N(O)C(C)(C)C(c3ccccc3)=[N+]2[O-])cc1OC. The van der Waals surface area contributed by atoms with E-state index in [1.165, 1.54) is 7.11 Å². The van der Waals surface area contributed by atoms with Crippen LogP contribution in [0.2, 0.25) is 0 Å². The molecule has 1 atom stereocenters. The van der Waals surface area contributed by atoms with Crippen molar-refractivity contribution in [3.05, 3.63) is 64.9 Å². The second kappa shape index (κ2) is 6.30. The lowest BCUT2D eigenvalue weighted by Gasteiger charge is -2.33. The van der Waals surface area contributed by atoms with Crippen molar-refractivity contribution in [1.82, 2.24) is 5.06 Å². The Morgan fingerprint density at radius 2 is 1.58 bits per heavy atom. The molecule has 2 aromatic carbocycles. The number of rotatable bonds is 4. The number of benzene rings is 2. The number of hydrogen-bond donors (Lipinski definition) is 1. The topological polar surface area (TPSA) is 68.0 Å². The van der Waals surface area contributed by atoms with Crippen LogP contribution < -0.4 is 9.47 Å². The smallest absolute Gasteiger partial charge is 0.274 e. The standard InChI is InChI=1S/C20H24N2O4/c1-19(2)18(14-9-7-6-8-10-14)21(23)20(3,22(19)24)15-11-12-16(25-4)17(13-15)26-5/h6-13,24H,1-5H3. The van der Waals surface area contributed by atoms with Crippen LogP contribution in [0.15, 0.2) is 48.5 Å². The molecule has 6 nitrogen and oxygen atoms in total. The van der Waals surface area contributed by atoms with Crippen molar-refractivity contribution in [1.29, 1.82) is 0 Å². The summed E-state index contributed by atoms with van der Waals surface area (Å²) >= 11 is 0. The molecule has 0 fully saturated rings. The highest BCUT2D eigenvalue weighted by Crippen LogP contribution is 2.43. The Hall–Kier alpha value is -2.57. The molecule has 0 saturated carbocycles. The van der Waals surface area contributed by atoms with E-state index in [4.69, 9.17) is 9.47 Å². The fraction of sp³-hybridized carbons (Fsp3) is 0.350. The third-order valence-electron chi connectivity index (χ3n) is 5.10. The summed E-state index contributed by atoms with van der Waals surface area (Å²) in [5.74, 6) is 1.06. The van der Waals surface area contributed by atoms with Gasteiger partial charge in [-0.1, -0.05) is 18.2 Å². The van der Waals surface area contributed by atoms with Crippen LogP contribution in [0.5, 0.6) is 11.5 Å². The molecule has 6 heteroatoms. The second-order valence-corrected chi connectivity index (χ2v) is 6.97. The number of hydroxylamine groups is 3. The molecule has 0 amide bonds. The highest BCUT2D eigenvalue weighted by atomic mass is 16.6. The first-order chi connectivity index (χ1) is 12.3. The molecule has 1 unspecified atom stereocenters. The lowest BCUT2D eigenvalue weighted by Crippen LogP contribution is -2.51. The Morgan fingerprint density at radius 1 is 0.962 bits per heavy atom. The maximum atomic E-state index is 13.4. The molecule has 26 heavy (non-hydrogen) atoms. The molecule has 2 aromatic rings. The predicted octanol–water partition coefficient (Wildman–Crippen LogP) is 3.36. The molecule has 1 aliphatic heterocycles. The Balaban J connectivity index is 2.22. The fourth-order valence-corrected chi connectivity index (χ4v) is 3.63. The minimum atomic E-state index is -1.31. The van der Waals surface area contributed by atoms with Crippen molar-refractivity contribution < 1.29 is 19.4 Å². The minimum Gasteiger partial charge on any atom is -0.622 e. The van der Waals surface area contributed by atoms with Gasteiger partial charge in [-0.15, -0.1) is 5.06 Å². The molecule has 3 rings (SSSR count). The summed E-state index contributed by atoms with van der Waals surface area (Å²) in [4.78, 5) is 0. The van der Waals surface area contributed by atoms with E-state index < -0.39 is 11.2 Å². The summed E-state index contributed by atoms with van der Waals surface area (Å²) in [6.07, 6.45) is 0. The van der Waals surface area contributed by atoms with Gasteiger partial charge in [0.15, 0.2) is 11.5 Å². The van der Waals surface area contributed by atoms with Crippen LogP contribution >= 0.6 is 0 Å². The first kappa shape index (κ1) is 18.2. The summed E-state index contributed by atoms with van der Waals surface area (Å²) in [5.41, 5.74) is -0.320. The molecule has 0 spiro atoms. The van der Waals surface area contributed by atoms with Crippen LogP contribution in [0.1, 0.15) is 31.9 Å². The lowest BCUT2D eigenvalue weighted by molar-refractivity contribution is -0.597. The maximum Gasteiger partial charge on any atom is 0.274 e. The van der Waals surface area contributed by atoms with Crippen molar-refractivity contribution in [3.8, 4) is 11.5 Å². The normalized spacial score (nSPS) is 22.5. The predicted molar refractivity (Wildman–Crippen MR) is 98.8 cm³/mol. The van der Waals surface area contributed by atoms with Crippen molar-refractivity contribution in [3.63, 3.8) is 0 Å². The van der Waals surface area contributed by atoms with Crippen LogP contribution in [0.25, 0.3) is 0 Å². The van der Waals surface area contributed by atoms with Crippen LogP contribution in [-0.2, 0) is 5.66 Å². The molecule has 1 aliphatic rings. The molecule has 0 radical (unpaired) electrons. The van der Waals surface area contributed by atoms with Gasteiger partial charge in [0.05, 0.1) is 14.2 Å². The average molecular weight is 356 g/mol. The Kier molecular flexibility index (Phi) is 4.42. The van der Waals surface area contributed by atoms with E-state index in [-0.39, 0.29) is 0 Å². The van der Waals surface area contributed by atoms with E-state index in [9.17, 15) is 10.4 Å². The fourth-order valence-electron chi connectivity index (χ4n) is 3.63. The Labute approximate surface area is 153 Å². The zero-order valence-electron chi connectivity index (χ0n) is 15.7. The summed E-state index contributed by atoms with van der Waals surface area (Å²) in [6.45, 7) is 5.34. The van der Waals surface area contributed by atoms with Gasteiger partial charge >= 0.3 is 0 Å². The Morgan fingerprint density at radius 3 is 2.15 bits per heavy atom. The summed E-state index contributed by atoms with van der Waals surface area (Å²) in [6, 6.07) is 14.6. The summed E-state index contributed by atoms with van der Waals surface area (Å²) in [5, 5.41) is 25.5. The van der Waals surface area contributed by atoms with E-state index in [0.717, 1.165) is 15.4 Å². The average Bonchev–Trinajstić information content (AvgIpc) is 2.79. The van der Waals surface area contributed by atoms with Crippen LogP contribution in [0.4, 0.5) is 0 Å². The van der Waals surface area contributed by atoms with Crippen LogP contribution in [-0.4, -0.2) is 40.5 Å². The van der Waals surface area contributed by atoms with Crippen molar-refractivity contribution in [2.75, 3.05) is 14.2 Å². The molecule has 0 aliphatic carbocycles. The van der Waals surface area contributed by atoms with Gasteiger partial charge in [0.2, 0.25) is 5.71 Å². The largest absolute Gasteiger partial charge is 0.622 e. The van der Waals surface area contributed by atoms with Crippen molar-refractivity contribution >= 4 is 5.71 Å². The molecule has 1 N–H and O–H groups in total. The number of nitrogens with zero attached hydrogens (tertiary/aromatic N) is 2. The van der Waals surface area contributed by atoms with E-state index in [1.807, 2.05) is 44.2 Å². The number of methoxy groups -OCH3 is 2. The van der Waals surface area contributed by atoms with Gasteiger partial charge in [-0.3, -0.25) is 0 Å². The monoisotopic (exact) mass is 356 g/mol. The molecule has 1 heterocycles.